The van der Waals surface area contributed by atoms with Crippen molar-refractivity contribution in [1.82, 2.24) is 0 Å². The molecular weight excluding hydrogens is 250 g/mol. The zero-order valence-electron chi connectivity index (χ0n) is 10.0. The molecule has 0 saturated carbocycles. The fourth-order valence-corrected chi connectivity index (χ4v) is 1.86. The van der Waals surface area contributed by atoms with Gasteiger partial charge in [0.1, 0.15) is 12.7 Å². The van der Waals surface area contributed by atoms with Crippen molar-refractivity contribution in [3.05, 3.63) is 46.3 Å². The predicted octanol–water partition coefficient (Wildman–Crippen LogP) is 1.63. The van der Waals surface area contributed by atoms with Crippen LogP contribution in [-0.4, -0.2) is 36.1 Å². The predicted molar refractivity (Wildman–Crippen MR) is 65.2 cm³/mol. The molecule has 1 N–H and O–H groups in total. The third-order valence-corrected chi connectivity index (χ3v) is 2.79. The zero-order chi connectivity index (χ0) is 13.7. The number of aliphatic hydroxyl groups is 1. The highest BCUT2D eigenvalue weighted by Crippen LogP contribution is 2.22. The number of aliphatic hydroxyl groups excluding tert-OH is 1. The minimum absolute atomic E-state index is 0.0610. The highest BCUT2D eigenvalue weighted by Gasteiger charge is 2.34. The fourth-order valence-electron chi connectivity index (χ4n) is 1.86. The van der Waals surface area contributed by atoms with Crippen molar-refractivity contribution in [1.29, 1.82) is 0 Å². The lowest BCUT2D eigenvalue weighted by Gasteiger charge is -2.14. The van der Waals surface area contributed by atoms with Gasteiger partial charge in [-0.1, -0.05) is 23.3 Å². The van der Waals surface area contributed by atoms with Gasteiger partial charge in [-0.25, -0.2) is 4.79 Å². The summed E-state index contributed by atoms with van der Waals surface area (Å²) in [6.45, 7) is -0.0610. The van der Waals surface area contributed by atoms with Gasteiger partial charge in [-0.3, -0.25) is 0 Å². The normalized spacial score (nSPS) is 25.6. The van der Waals surface area contributed by atoms with E-state index in [1.807, 2.05) is 0 Å². The van der Waals surface area contributed by atoms with Crippen LogP contribution in [0.5, 0.6) is 0 Å². The van der Waals surface area contributed by atoms with E-state index >= 15 is 0 Å². The molecule has 1 saturated heterocycles. The molecular formula is C12H13N3O4. The number of carbonyl (C=O) groups excluding carboxylic acids is 1. The Labute approximate surface area is 109 Å². The van der Waals surface area contributed by atoms with E-state index in [9.17, 15) is 9.90 Å². The summed E-state index contributed by atoms with van der Waals surface area (Å²) in [6, 6.07) is 8.01. The Kier molecular flexibility index (Phi) is 4.35. The largest absolute Gasteiger partial charge is 0.459 e. The SMILES string of the molecule is [N-]=[N+]=N[C@@H]1CC(O)O[C@@H]1COC(=O)c1ccccc1. The van der Waals surface area contributed by atoms with E-state index in [2.05, 4.69) is 10.0 Å². The minimum Gasteiger partial charge on any atom is -0.459 e. The Hall–Kier alpha value is -2.08. The molecule has 2 rings (SSSR count). The van der Waals surface area contributed by atoms with Crippen LogP contribution < -0.4 is 0 Å². The average Bonchev–Trinajstić information content (AvgIpc) is 2.78. The molecule has 19 heavy (non-hydrogen) atoms. The standard InChI is InChI=1S/C12H13N3O4/c13-15-14-9-6-11(16)19-10(9)7-18-12(17)8-4-2-1-3-5-8/h1-5,9-11,16H,6-7H2/t9-,10-,11?/m1/s1. The minimum atomic E-state index is -0.990. The molecule has 0 bridgehead atoms. The molecule has 1 aromatic carbocycles. The first-order valence-corrected chi connectivity index (χ1v) is 5.80. The van der Waals surface area contributed by atoms with Crippen LogP contribution in [0.2, 0.25) is 0 Å². The van der Waals surface area contributed by atoms with Crippen LogP contribution in [-0.2, 0) is 9.47 Å². The highest BCUT2D eigenvalue weighted by atomic mass is 16.6. The third-order valence-electron chi connectivity index (χ3n) is 2.79. The molecule has 0 spiro atoms. The average molecular weight is 263 g/mol. The number of carbonyl (C=O) groups is 1. The lowest BCUT2D eigenvalue weighted by Crippen LogP contribution is -2.26. The van der Waals surface area contributed by atoms with Crippen LogP contribution in [0.15, 0.2) is 35.4 Å². The quantitative estimate of drug-likeness (QED) is 0.385. The zero-order valence-corrected chi connectivity index (χ0v) is 10.0. The summed E-state index contributed by atoms with van der Waals surface area (Å²) in [7, 11) is 0. The first-order valence-electron chi connectivity index (χ1n) is 5.80. The van der Waals surface area contributed by atoms with Crippen molar-refractivity contribution in [2.75, 3.05) is 6.61 Å². The molecule has 0 aliphatic carbocycles. The number of esters is 1. The molecule has 3 atom stereocenters. The summed E-state index contributed by atoms with van der Waals surface area (Å²) in [6.07, 6.45) is -1.40. The van der Waals surface area contributed by atoms with Gasteiger partial charge in [-0.2, -0.15) is 0 Å². The maximum absolute atomic E-state index is 11.7. The van der Waals surface area contributed by atoms with Gasteiger partial charge in [0, 0.05) is 11.3 Å². The van der Waals surface area contributed by atoms with Crippen LogP contribution in [0.3, 0.4) is 0 Å². The number of hydrogen-bond acceptors (Lipinski definition) is 5. The fraction of sp³-hybridized carbons (Fsp3) is 0.417. The van der Waals surface area contributed by atoms with Crippen LogP contribution in [0.4, 0.5) is 0 Å². The van der Waals surface area contributed by atoms with Crippen LogP contribution in [0.25, 0.3) is 10.4 Å². The lowest BCUT2D eigenvalue weighted by atomic mass is 10.1. The molecule has 100 valence electrons. The van der Waals surface area contributed by atoms with Gasteiger partial charge < -0.3 is 14.6 Å². The molecule has 1 heterocycles. The molecule has 0 amide bonds. The second kappa shape index (κ2) is 6.19. The Bertz CT molecular complexity index is 487. The second-order valence-corrected chi connectivity index (χ2v) is 4.10. The van der Waals surface area contributed by atoms with Gasteiger partial charge in [-0.15, -0.1) is 0 Å². The first kappa shape index (κ1) is 13.4. The van der Waals surface area contributed by atoms with Gasteiger partial charge in [0.25, 0.3) is 0 Å². The molecule has 1 aliphatic rings. The van der Waals surface area contributed by atoms with Gasteiger partial charge in [0.05, 0.1) is 11.6 Å². The van der Waals surface area contributed by atoms with Gasteiger partial charge in [0.2, 0.25) is 0 Å². The summed E-state index contributed by atoms with van der Waals surface area (Å²) in [5.41, 5.74) is 8.83. The van der Waals surface area contributed by atoms with Gasteiger partial charge >= 0.3 is 5.97 Å². The van der Waals surface area contributed by atoms with Crippen molar-refractivity contribution in [3.8, 4) is 0 Å². The number of azide groups is 1. The van der Waals surface area contributed by atoms with Crippen LogP contribution >= 0.6 is 0 Å². The number of benzene rings is 1. The van der Waals surface area contributed by atoms with Crippen molar-refractivity contribution >= 4 is 5.97 Å². The first-order chi connectivity index (χ1) is 9.20. The third kappa shape index (κ3) is 3.45. The van der Waals surface area contributed by atoms with E-state index in [4.69, 9.17) is 15.0 Å². The number of rotatable bonds is 4. The summed E-state index contributed by atoms with van der Waals surface area (Å²) in [4.78, 5) is 14.4. The molecule has 1 fully saturated rings. The molecule has 0 aromatic heterocycles. The van der Waals surface area contributed by atoms with Crippen molar-refractivity contribution in [3.63, 3.8) is 0 Å². The number of ether oxygens (including phenoxy) is 2. The summed E-state index contributed by atoms with van der Waals surface area (Å²) >= 11 is 0. The Morgan fingerprint density at radius 3 is 2.95 bits per heavy atom. The number of hydrogen-bond donors (Lipinski definition) is 1. The molecule has 1 aromatic rings. The maximum atomic E-state index is 11.7. The molecule has 1 unspecified atom stereocenters. The van der Waals surface area contributed by atoms with Crippen molar-refractivity contribution in [2.24, 2.45) is 5.11 Å². The molecule has 7 nitrogen and oxygen atoms in total. The lowest BCUT2D eigenvalue weighted by molar-refractivity contribution is -0.103. The Morgan fingerprint density at radius 1 is 1.53 bits per heavy atom. The van der Waals surface area contributed by atoms with E-state index in [0.717, 1.165) is 0 Å². The molecule has 7 heteroatoms. The monoisotopic (exact) mass is 263 g/mol. The second-order valence-electron chi connectivity index (χ2n) is 4.10. The smallest absolute Gasteiger partial charge is 0.338 e. The Balaban J connectivity index is 1.91. The van der Waals surface area contributed by atoms with Gasteiger partial charge in [-0.05, 0) is 17.7 Å². The summed E-state index contributed by atoms with van der Waals surface area (Å²) in [5, 5.41) is 12.8. The maximum Gasteiger partial charge on any atom is 0.338 e. The summed E-state index contributed by atoms with van der Waals surface area (Å²) in [5.74, 6) is -0.481. The summed E-state index contributed by atoms with van der Waals surface area (Å²) < 4.78 is 10.2. The molecule has 0 radical (unpaired) electrons. The number of nitrogens with zero attached hydrogens (tertiary/aromatic N) is 3. The van der Waals surface area contributed by atoms with Crippen LogP contribution in [0.1, 0.15) is 16.8 Å². The Morgan fingerprint density at radius 2 is 2.26 bits per heavy atom. The van der Waals surface area contributed by atoms with Gasteiger partial charge in [0.15, 0.2) is 6.29 Å². The van der Waals surface area contributed by atoms with E-state index in [1.165, 1.54) is 0 Å². The van der Waals surface area contributed by atoms with Crippen LogP contribution in [0, 0.1) is 0 Å². The van der Waals surface area contributed by atoms with Crippen molar-refractivity contribution < 1.29 is 19.4 Å². The topological polar surface area (TPSA) is 105 Å². The van der Waals surface area contributed by atoms with E-state index in [-0.39, 0.29) is 13.0 Å². The van der Waals surface area contributed by atoms with E-state index in [1.54, 1.807) is 30.3 Å². The van der Waals surface area contributed by atoms with Crippen molar-refractivity contribution in [2.45, 2.75) is 24.9 Å². The van der Waals surface area contributed by atoms with E-state index < -0.39 is 24.4 Å². The van der Waals surface area contributed by atoms with E-state index in [0.29, 0.717) is 5.56 Å². The molecule has 1 aliphatic heterocycles. The highest BCUT2D eigenvalue weighted by molar-refractivity contribution is 5.89.